The zero-order chi connectivity index (χ0) is 15.2. The Kier molecular flexibility index (Phi) is 5.56. The molecule has 1 fully saturated rings. The summed E-state index contributed by atoms with van der Waals surface area (Å²) in [6, 6.07) is 1.95. The monoisotopic (exact) mass is 291 g/mol. The number of aryl methyl sites for hydroxylation is 1. The van der Waals surface area contributed by atoms with E-state index in [2.05, 4.69) is 17.2 Å². The molecule has 1 aromatic rings. The number of carbonyl (C=O) groups is 1. The second kappa shape index (κ2) is 7.41. The molecule has 116 valence electrons. The maximum atomic E-state index is 12.7. The number of ether oxygens (including phenoxy) is 1. The fourth-order valence-electron chi connectivity index (χ4n) is 2.70. The SMILES string of the molecule is CCCNc1cc(C)ncc1C(=O)N1CCC(COC)C1. The van der Waals surface area contributed by atoms with Crippen molar-refractivity contribution in [3.05, 3.63) is 23.5 Å². The van der Waals surface area contributed by atoms with Crippen molar-refractivity contribution in [2.75, 3.05) is 38.7 Å². The molecule has 2 rings (SSSR count). The standard InChI is InChI=1S/C16H25N3O2/c1-4-6-17-15-8-12(2)18-9-14(15)16(20)19-7-5-13(10-19)11-21-3/h8-9,13H,4-7,10-11H2,1-3H3,(H,17,18). The fraction of sp³-hybridized carbons (Fsp3) is 0.625. The first-order valence-corrected chi connectivity index (χ1v) is 7.64. The molecule has 5 nitrogen and oxygen atoms in total. The van der Waals surface area contributed by atoms with Crippen LogP contribution in [-0.4, -0.2) is 49.1 Å². The molecule has 0 radical (unpaired) electrons. The average Bonchev–Trinajstić information content (AvgIpc) is 2.93. The molecule has 1 aliphatic heterocycles. The molecule has 1 N–H and O–H groups in total. The molecule has 1 saturated heterocycles. The third-order valence-electron chi connectivity index (χ3n) is 3.81. The van der Waals surface area contributed by atoms with Crippen molar-refractivity contribution in [1.29, 1.82) is 0 Å². The van der Waals surface area contributed by atoms with Gasteiger partial charge in [-0.1, -0.05) is 6.92 Å². The van der Waals surface area contributed by atoms with Crippen molar-refractivity contribution >= 4 is 11.6 Å². The molecule has 1 aromatic heterocycles. The van der Waals surface area contributed by atoms with E-state index in [0.717, 1.165) is 50.5 Å². The normalized spacial score (nSPS) is 18.0. The lowest BCUT2D eigenvalue weighted by Gasteiger charge is -2.19. The second-order valence-corrected chi connectivity index (χ2v) is 5.66. The molecule has 1 atom stereocenters. The largest absolute Gasteiger partial charge is 0.384 e. The third-order valence-corrected chi connectivity index (χ3v) is 3.81. The van der Waals surface area contributed by atoms with Crippen LogP contribution in [-0.2, 0) is 4.74 Å². The Bertz CT molecular complexity index is 490. The van der Waals surface area contributed by atoms with E-state index in [0.29, 0.717) is 11.5 Å². The van der Waals surface area contributed by atoms with Gasteiger partial charge in [0.2, 0.25) is 0 Å². The van der Waals surface area contributed by atoms with E-state index in [1.807, 2.05) is 17.9 Å². The maximum Gasteiger partial charge on any atom is 0.257 e. The third kappa shape index (κ3) is 3.94. The number of rotatable bonds is 6. The van der Waals surface area contributed by atoms with Gasteiger partial charge in [0.15, 0.2) is 0 Å². The minimum Gasteiger partial charge on any atom is -0.384 e. The smallest absolute Gasteiger partial charge is 0.257 e. The topological polar surface area (TPSA) is 54.5 Å². The van der Waals surface area contributed by atoms with Crippen LogP contribution in [0.15, 0.2) is 12.3 Å². The number of nitrogens with zero attached hydrogens (tertiary/aromatic N) is 2. The number of aromatic nitrogens is 1. The number of nitrogens with one attached hydrogen (secondary N) is 1. The Balaban J connectivity index is 2.11. The molecule has 0 saturated carbocycles. The van der Waals surface area contributed by atoms with Gasteiger partial charge < -0.3 is 15.0 Å². The van der Waals surface area contributed by atoms with Crippen LogP contribution in [0, 0.1) is 12.8 Å². The Morgan fingerprint density at radius 1 is 1.57 bits per heavy atom. The molecule has 1 unspecified atom stereocenters. The Morgan fingerprint density at radius 3 is 3.10 bits per heavy atom. The van der Waals surface area contributed by atoms with Crippen LogP contribution >= 0.6 is 0 Å². The lowest BCUT2D eigenvalue weighted by atomic mass is 10.1. The quantitative estimate of drug-likeness (QED) is 0.874. The predicted molar refractivity (Wildman–Crippen MR) is 83.6 cm³/mol. The van der Waals surface area contributed by atoms with Crippen molar-refractivity contribution in [2.24, 2.45) is 5.92 Å². The van der Waals surface area contributed by atoms with Gasteiger partial charge in [-0.25, -0.2) is 0 Å². The molecule has 0 aliphatic carbocycles. The Labute approximate surface area is 126 Å². The van der Waals surface area contributed by atoms with E-state index >= 15 is 0 Å². The summed E-state index contributed by atoms with van der Waals surface area (Å²) < 4.78 is 5.19. The van der Waals surface area contributed by atoms with Gasteiger partial charge in [0, 0.05) is 44.6 Å². The van der Waals surface area contributed by atoms with Gasteiger partial charge in [0.05, 0.1) is 17.9 Å². The van der Waals surface area contributed by atoms with Crippen LogP contribution < -0.4 is 5.32 Å². The van der Waals surface area contributed by atoms with Gasteiger partial charge in [-0.05, 0) is 25.8 Å². The molecule has 1 aliphatic rings. The molecule has 1 amide bonds. The molecule has 0 bridgehead atoms. The van der Waals surface area contributed by atoms with Gasteiger partial charge in [0.1, 0.15) is 0 Å². The Hall–Kier alpha value is -1.62. The summed E-state index contributed by atoms with van der Waals surface area (Å²) in [6.07, 6.45) is 3.73. The van der Waals surface area contributed by atoms with Crippen LogP contribution in [0.3, 0.4) is 0 Å². The number of likely N-dealkylation sites (tertiary alicyclic amines) is 1. The summed E-state index contributed by atoms with van der Waals surface area (Å²) in [5.41, 5.74) is 2.49. The number of amides is 1. The van der Waals surface area contributed by atoms with E-state index in [1.54, 1.807) is 13.3 Å². The summed E-state index contributed by atoms with van der Waals surface area (Å²) in [4.78, 5) is 18.9. The molecule has 0 aromatic carbocycles. The van der Waals surface area contributed by atoms with Gasteiger partial charge in [0.25, 0.3) is 5.91 Å². The number of anilines is 1. The highest BCUT2D eigenvalue weighted by Gasteiger charge is 2.28. The highest BCUT2D eigenvalue weighted by Crippen LogP contribution is 2.23. The van der Waals surface area contributed by atoms with Gasteiger partial charge in [-0.2, -0.15) is 0 Å². The number of pyridine rings is 1. The first-order chi connectivity index (χ1) is 10.2. The summed E-state index contributed by atoms with van der Waals surface area (Å²) in [5.74, 6) is 0.518. The van der Waals surface area contributed by atoms with Crippen molar-refractivity contribution < 1.29 is 9.53 Å². The first-order valence-electron chi connectivity index (χ1n) is 7.64. The van der Waals surface area contributed by atoms with Crippen LogP contribution in [0.5, 0.6) is 0 Å². The van der Waals surface area contributed by atoms with Crippen molar-refractivity contribution in [2.45, 2.75) is 26.7 Å². The lowest BCUT2D eigenvalue weighted by Crippen LogP contribution is -2.30. The number of carbonyl (C=O) groups excluding carboxylic acids is 1. The molecule has 0 spiro atoms. The first kappa shape index (κ1) is 15.8. The van der Waals surface area contributed by atoms with Crippen LogP contribution in [0.2, 0.25) is 0 Å². The summed E-state index contributed by atoms with van der Waals surface area (Å²) >= 11 is 0. The zero-order valence-corrected chi connectivity index (χ0v) is 13.2. The van der Waals surface area contributed by atoms with Gasteiger partial charge >= 0.3 is 0 Å². The minimum atomic E-state index is 0.0692. The second-order valence-electron chi connectivity index (χ2n) is 5.66. The number of hydrogen-bond donors (Lipinski definition) is 1. The highest BCUT2D eigenvalue weighted by atomic mass is 16.5. The average molecular weight is 291 g/mol. The van der Waals surface area contributed by atoms with E-state index in [4.69, 9.17) is 4.74 Å². The van der Waals surface area contributed by atoms with Crippen LogP contribution in [0.1, 0.15) is 35.8 Å². The van der Waals surface area contributed by atoms with Crippen LogP contribution in [0.4, 0.5) is 5.69 Å². The summed E-state index contributed by atoms with van der Waals surface area (Å²) in [5, 5.41) is 3.33. The molecular weight excluding hydrogens is 266 g/mol. The van der Waals surface area contributed by atoms with Gasteiger partial charge in [-0.3, -0.25) is 9.78 Å². The van der Waals surface area contributed by atoms with Crippen molar-refractivity contribution in [3.63, 3.8) is 0 Å². The van der Waals surface area contributed by atoms with Crippen molar-refractivity contribution in [3.8, 4) is 0 Å². The van der Waals surface area contributed by atoms with Gasteiger partial charge in [-0.15, -0.1) is 0 Å². The number of hydrogen-bond acceptors (Lipinski definition) is 4. The zero-order valence-electron chi connectivity index (χ0n) is 13.2. The molecule has 21 heavy (non-hydrogen) atoms. The molecular formula is C16H25N3O2. The van der Waals surface area contributed by atoms with Crippen LogP contribution in [0.25, 0.3) is 0 Å². The van der Waals surface area contributed by atoms with E-state index in [9.17, 15) is 4.79 Å². The minimum absolute atomic E-state index is 0.0692. The summed E-state index contributed by atoms with van der Waals surface area (Å²) in [6.45, 7) is 7.20. The van der Waals surface area contributed by atoms with E-state index < -0.39 is 0 Å². The lowest BCUT2D eigenvalue weighted by molar-refractivity contribution is 0.0776. The summed E-state index contributed by atoms with van der Waals surface area (Å²) in [7, 11) is 1.71. The fourth-order valence-corrected chi connectivity index (χ4v) is 2.70. The van der Waals surface area contributed by atoms with E-state index in [1.165, 1.54) is 0 Å². The van der Waals surface area contributed by atoms with E-state index in [-0.39, 0.29) is 5.91 Å². The molecule has 2 heterocycles. The van der Waals surface area contributed by atoms with Crippen molar-refractivity contribution in [1.82, 2.24) is 9.88 Å². The predicted octanol–water partition coefficient (Wildman–Crippen LogP) is 2.32. The maximum absolute atomic E-state index is 12.7. The molecule has 5 heteroatoms. The highest BCUT2D eigenvalue weighted by molar-refractivity contribution is 5.99. The number of methoxy groups -OCH3 is 1. The Morgan fingerprint density at radius 2 is 2.38 bits per heavy atom.